The van der Waals surface area contributed by atoms with Crippen molar-refractivity contribution in [3.05, 3.63) is 23.5 Å². The van der Waals surface area contributed by atoms with Crippen molar-refractivity contribution in [2.24, 2.45) is 0 Å². The highest BCUT2D eigenvalue weighted by Crippen LogP contribution is 2.31. The number of hydrogen-bond donors (Lipinski definition) is 2. The van der Waals surface area contributed by atoms with E-state index in [1.807, 2.05) is 0 Å². The van der Waals surface area contributed by atoms with Gasteiger partial charge in [-0.05, 0) is 11.6 Å². The predicted molar refractivity (Wildman–Crippen MR) is 50.1 cm³/mol. The van der Waals surface area contributed by atoms with Crippen molar-refractivity contribution < 1.29 is 19.3 Å². The Balaban J connectivity index is 3.14. The Morgan fingerprint density at radius 1 is 1.50 bits per heavy atom. The summed E-state index contributed by atoms with van der Waals surface area (Å²) in [6.07, 6.45) is 0. The van der Waals surface area contributed by atoms with E-state index in [0.29, 0.717) is 0 Å². The molecule has 0 aliphatic rings. The van der Waals surface area contributed by atoms with E-state index in [-0.39, 0.29) is 29.6 Å². The summed E-state index contributed by atoms with van der Waals surface area (Å²) in [6.45, 7) is 1.51. The predicted octanol–water partition coefficient (Wildman–Crippen LogP) is 1.64. The maximum atomic E-state index is 13.4. The second-order valence-electron chi connectivity index (χ2n) is 3.13. The van der Waals surface area contributed by atoms with E-state index in [9.17, 15) is 9.50 Å². The number of hydrogen-bond acceptors (Lipinski definition) is 3. The SMILES string of the molecule is COc1cc(F)c(C(C)CO)cc1O. The molecule has 0 saturated heterocycles. The highest BCUT2D eigenvalue weighted by Gasteiger charge is 2.14. The number of aliphatic hydroxyl groups is 1. The monoisotopic (exact) mass is 200 g/mol. The van der Waals surface area contributed by atoms with Gasteiger partial charge in [0.15, 0.2) is 11.5 Å². The van der Waals surface area contributed by atoms with Crippen LogP contribution in [-0.2, 0) is 0 Å². The van der Waals surface area contributed by atoms with Gasteiger partial charge in [-0.3, -0.25) is 0 Å². The average molecular weight is 200 g/mol. The molecule has 0 aliphatic carbocycles. The molecule has 0 heterocycles. The fourth-order valence-corrected chi connectivity index (χ4v) is 1.20. The molecule has 0 aromatic heterocycles. The van der Waals surface area contributed by atoms with Crippen LogP contribution in [0.2, 0.25) is 0 Å². The van der Waals surface area contributed by atoms with Crippen molar-refractivity contribution in [1.29, 1.82) is 0 Å². The fraction of sp³-hybridized carbons (Fsp3) is 0.400. The van der Waals surface area contributed by atoms with Crippen LogP contribution in [-0.4, -0.2) is 23.9 Å². The Morgan fingerprint density at radius 3 is 2.64 bits per heavy atom. The fourth-order valence-electron chi connectivity index (χ4n) is 1.20. The van der Waals surface area contributed by atoms with Crippen LogP contribution in [0.1, 0.15) is 18.4 Å². The average Bonchev–Trinajstić information content (AvgIpc) is 2.19. The number of aromatic hydroxyl groups is 1. The number of rotatable bonds is 3. The first kappa shape index (κ1) is 10.8. The van der Waals surface area contributed by atoms with Gasteiger partial charge in [-0.1, -0.05) is 6.92 Å². The molecule has 4 heteroatoms. The molecule has 0 spiro atoms. The Kier molecular flexibility index (Phi) is 3.30. The Bertz CT molecular complexity index is 325. The first-order chi connectivity index (χ1) is 6.60. The Hall–Kier alpha value is -1.29. The molecule has 0 saturated carbocycles. The summed E-state index contributed by atoms with van der Waals surface area (Å²) in [5.41, 5.74) is 0.283. The third-order valence-corrected chi connectivity index (χ3v) is 2.10. The minimum Gasteiger partial charge on any atom is -0.504 e. The molecule has 3 nitrogen and oxygen atoms in total. The van der Waals surface area contributed by atoms with Gasteiger partial charge in [0.25, 0.3) is 0 Å². The van der Waals surface area contributed by atoms with Crippen LogP contribution in [0, 0.1) is 5.82 Å². The molecular weight excluding hydrogens is 187 g/mol. The smallest absolute Gasteiger partial charge is 0.163 e. The van der Waals surface area contributed by atoms with Gasteiger partial charge < -0.3 is 14.9 Å². The lowest BCUT2D eigenvalue weighted by Gasteiger charge is -2.12. The van der Waals surface area contributed by atoms with E-state index < -0.39 is 5.82 Å². The highest BCUT2D eigenvalue weighted by atomic mass is 19.1. The molecule has 0 radical (unpaired) electrons. The summed E-state index contributed by atoms with van der Waals surface area (Å²) in [7, 11) is 1.35. The maximum Gasteiger partial charge on any atom is 0.163 e. The molecule has 0 aliphatic heterocycles. The standard InChI is InChI=1S/C10H13FO3/c1-6(5-12)7-3-9(13)10(14-2)4-8(7)11/h3-4,6,12-13H,5H2,1-2H3. The summed E-state index contributed by atoms with van der Waals surface area (Å²) in [4.78, 5) is 0. The van der Waals surface area contributed by atoms with Gasteiger partial charge in [0.05, 0.1) is 7.11 Å². The van der Waals surface area contributed by atoms with E-state index in [2.05, 4.69) is 0 Å². The molecule has 1 atom stereocenters. The number of methoxy groups -OCH3 is 1. The van der Waals surface area contributed by atoms with Crippen molar-refractivity contribution in [2.75, 3.05) is 13.7 Å². The van der Waals surface area contributed by atoms with Crippen LogP contribution >= 0.6 is 0 Å². The zero-order valence-corrected chi connectivity index (χ0v) is 8.12. The van der Waals surface area contributed by atoms with Crippen molar-refractivity contribution in [2.45, 2.75) is 12.8 Å². The quantitative estimate of drug-likeness (QED) is 0.779. The Labute approximate surface area is 81.8 Å². The molecule has 0 bridgehead atoms. The van der Waals surface area contributed by atoms with Crippen LogP contribution < -0.4 is 4.74 Å². The lowest BCUT2D eigenvalue weighted by molar-refractivity contribution is 0.269. The second kappa shape index (κ2) is 4.28. The lowest BCUT2D eigenvalue weighted by atomic mass is 10.0. The lowest BCUT2D eigenvalue weighted by Crippen LogP contribution is -2.02. The van der Waals surface area contributed by atoms with E-state index in [1.54, 1.807) is 6.92 Å². The summed E-state index contributed by atoms with van der Waals surface area (Å²) >= 11 is 0. The van der Waals surface area contributed by atoms with Crippen LogP contribution in [0.15, 0.2) is 12.1 Å². The number of halogens is 1. The molecule has 2 N–H and O–H groups in total. The first-order valence-corrected chi connectivity index (χ1v) is 4.27. The summed E-state index contributed by atoms with van der Waals surface area (Å²) in [5.74, 6) is -0.853. The molecule has 0 amide bonds. The van der Waals surface area contributed by atoms with Gasteiger partial charge in [-0.2, -0.15) is 0 Å². The molecule has 1 aromatic rings. The van der Waals surface area contributed by atoms with E-state index >= 15 is 0 Å². The normalized spacial score (nSPS) is 12.6. The number of ether oxygens (including phenoxy) is 1. The maximum absolute atomic E-state index is 13.4. The van der Waals surface area contributed by atoms with Crippen molar-refractivity contribution in [3.63, 3.8) is 0 Å². The van der Waals surface area contributed by atoms with Crippen molar-refractivity contribution in [3.8, 4) is 11.5 Å². The zero-order chi connectivity index (χ0) is 10.7. The van der Waals surface area contributed by atoms with Gasteiger partial charge in [0.2, 0.25) is 0 Å². The summed E-state index contributed by atoms with van der Waals surface area (Å²) < 4.78 is 18.1. The second-order valence-corrected chi connectivity index (χ2v) is 3.13. The number of phenolic OH excluding ortho intramolecular Hbond substituents is 1. The molecule has 1 aromatic carbocycles. The third-order valence-electron chi connectivity index (χ3n) is 2.10. The topological polar surface area (TPSA) is 49.7 Å². The van der Waals surface area contributed by atoms with Crippen LogP contribution in [0.3, 0.4) is 0 Å². The van der Waals surface area contributed by atoms with Gasteiger partial charge in [-0.15, -0.1) is 0 Å². The minimum absolute atomic E-state index is 0.0939. The van der Waals surface area contributed by atoms with E-state index in [0.717, 1.165) is 6.07 Å². The van der Waals surface area contributed by atoms with Gasteiger partial charge in [0, 0.05) is 18.6 Å². The number of phenols is 1. The van der Waals surface area contributed by atoms with E-state index in [1.165, 1.54) is 13.2 Å². The van der Waals surface area contributed by atoms with E-state index in [4.69, 9.17) is 9.84 Å². The minimum atomic E-state index is -0.485. The molecule has 78 valence electrons. The molecule has 1 rings (SSSR count). The molecule has 14 heavy (non-hydrogen) atoms. The van der Waals surface area contributed by atoms with Gasteiger partial charge >= 0.3 is 0 Å². The van der Waals surface area contributed by atoms with Crippen molar-refractivity contribution in [1.82, 2.24) is 0 Å². The number of benzene rings is 1. The molecular formula is C10H13FO3. The van der Waals surface area contributed by atoms with Gasteiger partial charge in [-0.25, -0.2) is 4.39 Å². The Morgan fingerprint density at radius 2 is 2.14 bits per heavy atom. The molecule has 1 unspecified atom stereocenters. The van der Waals surface area contributed by atoms with Crippen LogP contribution in [0.5, 0.6) is 11.5 Å². The van der Waals surface area contributed by atoms with Crippen molar-refractivity contribution >= 4 is 0 Å². The molecule has 0 fully saturated rings. The third kappa shape index (κ3) is 1.96. The highest BCUT2D eigenvalue weighted by molar-refractivity contribution is 5.43. The summed E-state index contributed by atoms with van der Waals surface area (Å²) in [5, 5.41) is 18.2. The zero-order valence-electron chi connectivity index (χ0n) is 8.12. The van der Waals surface area contributed by atoms with Crippen LogP contribution in [0.4, 0.5) is 4.39 Å². The largest absolute Gasteiger partial charge is 0.504 e. The first-order valence-electron chi connectivity index (χ1n) is 4.27. The van der Waals surface area contributed by atoms with Crippen LogP contribution in [0.25, 0.3) is 0 Å². The summed E-state index contributed by atoms with van der Waals surface area (Å²) in [6, 6.07) is 2.38. The number of aliphatic hydroxyl groups excluding tert-OH is 1. The van der Waals surface area contributed by atoms with Gasteiger partial charge in [0.1, 0.15) is 5.82 Å².